The number of ketones is 1. The van der Waals surface area contributed by atoms with Gasteiger partial charge in [0.25, 0.3) is 0 Å². The molecule has 0 unspecified atom stereocenters. The maximum atomic E-state index is 12.2. The minimum Gasteiger partial charge on any atom is -0.496 e. The fourth-order valence-electron chi connectivity index (χ4n) is 2.59. The van der Waals surface area contributed by atoms with Crippen molar-refractivity contribution in [2.24, 2.45) is 0 Å². The van der Waals surface area contributed by atoms with Crippen LogP contribution >= 0.6 is 0 Å². The summed E-state index contributed by atoms with van der Waals surface area (Å²) in [5.74, 6) is 2.04. The lowest BCUT2D eigenvalue weighted by Gasteiger charge is -2.04. The number of aryl methyl sites for hydroxylation is 1. The van der Waals surface area contributed by atoms with Crippen molar-refractivity contribution in [3.8, 4) is 17.1 Å². The second kappa shape index (κ2) is 7.67. The molecule has 0 bridgehead atoms. The van der Waals surface area contributed by atoms with Gasteiger partial charge >= 0.3 is 0 Å². The lowest BCUT2D eigenvalue weighted by Crippen LogP contribution is -1.94. The summed E-state index contributed by atoms with van der Waals surface area (Å²) in [6.45, 7) is 2.09. The van der Waals surface area contributed by atoms with Crippen LogP contribution in [0.25, 0.3) is 17.4 Å². The van der Waals surface area contributed by atoms with Crippen molar-refractivity contribution in [1.29, 1.82) is 0 Å². The molecule has 0 saturated carbocycles. The molecule has 0 aliphatic rings. The van der Waals surface area contributed by atoms with Gasteiger partial charge in [0, 0.05) is 5.56 Å². The summed E-state index contributed by atoms with van der Waals surface area (Å²) in [4.78, 5) is 12.2. The van der Waals surface area contributed by atoms with Crippen LogP contribution in [-0.4, -0.2) is 12.9 Å². The molecule has 0 amide bonds. The fourth-order valence-corrected chi connectivity index (χ4v) is 2.59. The molecule has 0 atom stereocenters. The van der Waals surface area contributed by atoms with Crippen molar-refractivity contribution in [1.82, 2.24) is 0 Å². The summed E-state index contributed by atoms with van der Waals surface area (Å²) in [6.07, 6.45) is 4.18. The van der Waals surface area contributed by atoms with Crippen LogP contribution in [0.2, 0.25) is 0 Å². The third kappa shape index (κ3) is 3.89. The quantitative estimate of drug-likeness (QED) is 0.447. The first-order chi connectivity index (χ1) is 12.2. The first-order valence-electron chi connectivity index (χ1n) is 8.26. The van der Waals surface area contributed by atoms with E-state index in [2.05, 4.69) is 6.92 Å². The molecule has 3 nitrogen and oxygen atoms in total. The molecule has 0 aliphatic carbocycles. The first kappa shape index (κ1) is 16.8. The molecule has 1 heterocycles. The van der Waals surface area contributed by atoms with Gasteiger partial charge in [0.2, 0.25) is 0 Å². The zero-order valence-electron chi connectivity index (χ0n) is 14.4. The Balaban J connectivity index is 1.76. The predicted molar refractivity (Wildman–Crippen MR) is 99.9 cm³/mol. The largest absolute Gasteiger partial charge is 0.496 e. The van der Waals surface area contributed by atoms with Crippen molar-refractivity contribution >= 4 is 11.9 Å². The van der Waals surface area contributed by atoms with Crippen LogP contribution in [0.3, 0.4) is 0 Å². The molecule has 0 aliphatic heterocycles. The van der Waals surface area contributed by atoms with E-state index in [1.165, 1.54) is 11.6 Å². The summed E-state index contributed by atoms with van der Waals surface area (Å²) in [6, 6.07) is 19.0. The van der Waals surface area contributed by atoms with Gasteiger partial charge in [-0.2, -0.15) is 0 Å². The predicted octanol–water partition coefficient (Wildman–Crippen LogP) is 5.41. The third-order valence-corrected chi connectivity index (χ3v) is 4.04. The number of benzene rings is 2. The van der Waals surface area contributed by atoms with Crippen LogP contribution in [-0.2, 0) is 6.42 Å². The number of hydrogen-bond donors (Lipinski definition) is 0. The van der Waals surface area contributed by atoms with E-state index < -0.39 is 0 Å². The van der Waals surface area contributed by atoms with Gasteiger partial charge in [0.1, 0.15) is 17.3 Å². The molecule has 126 valence electrons. The van der Waals surface area contributed by atoms with Crippen LogP contribution in [0.15, 0.2) is 71.2 Å². The van der Waals surface area contributed by atoms with Crippen molar-refractivity contribution in [3.63, 3.8) is 0 Å². The molecule has 25 heavy (non-hydrogen) atoms. The standard InChI is InChI=1S/C22H20O3/c1-3-16-8-10-17(11-9-16)20(23)14-12-18-13-15-22(25-18)19-6-4-5-7-21(19)24-2/h4-15H,3H2,1-2H3. The van der Waals surface area contributed by atoms with E-state index in [1.54, 1.807) is 13.2 Å². The minimum atomic E-state index is -0.0436. The maximum Gasteiger partial charge on any atom is 0.185 e. The summed E-state index contributed by atoms with van der Waals surface area (Å²) in [5.41, 5.74) is 2.77. The van der Waals surface area contributed by atoms with Gasteiger partial charge in [0.05, 0.1) is 12.7 Å². The van der Waals surface area contributed by atoms with Crippen LogP contribution in [0.4, 0.5) is 0 Å². The molecule has 0 fully saturated rings. The van der Waals surface area contributed by atoms with Crippen molar-refractivity contribution < 1.29 is 13.9 Å². The molecule has 3 heteroatoms. The number of allylic oxidation sites excluding steroid dienone is 1. The Morgan fingerprint density at radius 1 is 1.04 bits per heavy atom. The van der Waals surface area contributed by atoms with E-state index >= 15 is 0 Å². The molecule has 2 aromatic carbocycles. The second-order valence-corrected chi connectivity index (χ2v) is 5.65. The van der Waals surface area contributed by atoms with E-state index in [4.69, 9.17) is 9.15 Å². The molecule has 3 rings (SSSR count). The van der Waals surface area contributed by atoms with E-state index in [0.29, 0.717) is 17.1 Å². The number of ether oxygens (including phenoxy) is 1. The van der Waals surface area contributed by atoms with Crippen LogP contribution < -0.4 is 4.74 Å². The van der Waals surface area contributed by atoms with Crippen molar-refractivity contribution in [3.05, 3.63) is 83.6 Å². The maximum absolute atomic E-state index is 12.2. The highest BCUT2D eigenvalue weighted by Gasteiger charge is 2.09. The lowest BCUT2D eigenvalue weighted by molar-refractivity contribution is 0.104. The highest BCUT2D eigenvalue weighted by Crippen LogP contribution is 2.31. The van der Waals surface area contributed by atoms with Crippen LogP contribution in [0, 0.1) is 0 Å². The fraction of sp³-hybridized carbons (Fsp3) is 0.136. The molecule has 0 N–H and O–H groups in total. The highest BCUT2D eigenvalue weighted by molar-refractivity contribution is 6.06. The second-order valence-electron chi connectivity index (χ2n) is 5.65. The smallest absolute Gasteiger partial charge is 0.185 e. The average molecular weight is 332 g/mol. The Kier molecular flexibility index (Phi) is 5.14. The Morgan fingerprint density at radius 3 is 2.52 bits per heavy atom. The molecule has 3 aromatic rings. The molecule has 0 saturated heterocycles. The summed E-state index contributed by atoms with van der Waals surface area (Å²) < 4.78 is 11.2. The zero-order chi connectivity index (χ0) is 17.6. The average Bonchev–Trinajstić information content (AvgIpc) is 3.15. The van der Waals surface area contributed by atoms with E-state index in [-0.39, 0.29) is 5.78 Å². The summed E-state index contributed by atoms with van der Waals surface area (Å²) in [7, 11) is 1.63. The summed E-state index contributed by atoms with van der Waals surface area (Å²) in [5, 5.41) is 0. The Hall–Kier alpha value is -3.07. The molecule has 1 aromatic heterocycles. The van der Waals surface area contributed by atoms with E-state index in [9.17, 15) is 4.79 Å². The minimum absolute atomic E-state index is 0.0436. The van der Waals surface area contributed by atoms with E-state index in [1.807, 2.05) is 60.7 Å². The number of rotatable bonds is 6. The van der Waals surface area contributed by atoms with Gasteiger partial charge in [-0.05, 0) is 48.4 Å². The number of methoxy groups -OCH3 is 1. The molecule has 0 spiro atoms. The van der Waals surface area contributed by atoms with Crippen molar-refractivity contribution in [2.45, 2.75) is 13.3 Å². The van der Waals surface area contributed by atoms with Gasteiger partial charge in [-0.1, -0.05) is 43.3 Å². The monoisotopic (exact) mass is 332 g/mol. The summed E-state index contributed by atoms with van der Waals surface area (Å²) >= 11 is 0. The van der Waals surface area contributed by atoms with Gasteiger partial charge < -0.3 is 9.15 Å². The number of carbonyl (C=O) groups is 1. The SMILES string of the molecule is CCc1ccc(C(=O)C=Cc2ccc(-c3ccccc3OC)o2)cc1. The third-order valence-electron chi connectivity index (χ3n) is 4.04. The molecule has 0 radical (unpaired) electrons. The zero-order valence-corrected chi connectivity index (χ0v) is 14.4. The van der Waals surface area contributed by atoms with Crippen LogP contribution in [0.1, 0.15) is 28.6 Å². The van der Waals surface area contributed by atoms with Crippen molar-refractivity contribution in [2.75, 3.05) is 7.11 Å². The normalized spacial score (nSPS) is 11.0. The number of carbonyl (C=O) groups excluding carboxylic acids is 1. The molecular weight excluding hydrogens is 312 g/mol. The van der Waals surface area contributed by atoms with Crippen LogP contribution in [0.5, 0.6) is 5.75 Å². The van der Waals surface area contributed by atoms with Gasteiger partial charge in [-0.3, -0.25) is 4.79 Å². The first-order valence-corrected chi connectivity index (χ1v) is 8.26. The Labute approximate surface area is 147 Å². The number of para-hydroxylation sites is 1. The number of furan rings is 1. The highest BCUT2D eigenvalue weighted by atomic mass is 16.5. The van der Waals surface area contributed by atoms with Gasteiger partial charge in [0.15, 0.2) is 5.78 Å². The van der Waals surface area contributed by atoms with Gasteiger partial charge in [-0.25, -0.2) is 0 Å². The van der Waals surface area contributed by atoms with E-state index in [0.717, 1.165) is 17.7 Å². The topological polar surface area (TPSA) is 39.4 Å². The Morgan fingerprint density at radius 2 is 1.80 bits per heavy atom. The molecular formula is C22H20O3. The van der Waals surface area contributed by atoms with Gasteiger partial charge in [-0.15, -0.1) is 0 Å². The Bertz CT molecular complexity index is 886. The number of hydrogen-bond acceptors (Lipinski definition) is 3. The lowest BCUT2D eigenvalue weighted by atomic mass is 10.1.